The largest absolute Gasteiger partial charge is 0.459 e. The zero-order valence-corrected chi connectivity index (χ0v) is 12.3. The number of halogens is 3. The highest BCUT2D eigenvalue weighted by Crippen LogP contribution is 2.26. The maximum atomic E-state index is 12.7. The molecule has 0 amide bonds. The lowest BCUT2D eigenvalue weighted by Crippen LogP contribution is -2.47. The molecule has 1 aromatic rings. The van der Waals surface area contributed by atoms with Crippen LogP contribution in [0.15, 0.2) is 4.79 Å². The van der Waals surface area contributed by atoms with E-state index in [-0.39, 0.29) is 24.2 Å². The van der Waals surface area contributed by atoms with Crippen molar-refractivity contribution < 1.29 is 22.7 Å². The maximum absolute atomic E-state index is 12.7. The molecule has 1 aromatic heterocycles. The Morgan fingerprint density at radius 1 is 1.32 bits per heavy atom. The quantitative estimate of drug-likeness (QED) is 0.759. The van der Waals surface area contributed by atoms with Crippen LogP contribution in [0.25, 0.3) is 0 Å². The summed E-state index contributed by atoms with van der Waals surface area (Å²) >= 11 is 0. The van der Waals surface area contributed by atoms with E-state index in [0.717, 1.165) is 0 Å². The van der Waals surface area contributed by atoms with Gasteiger partial charge in [0.15, 0.2) is 0 Å². The second-order valence-electron chi connectivity index (χ2n) is 6.01. The van der Waals surface area contributed by atoms with E-state index in [1.807, 2.05) is 0 Å². The molecule has 2 N–H and O–H groups in total. The van der Waals surface area contributed by atoms with Crippen LogP contribution in [0.4, 0.5) is 13.2 Å². The van der Waals surface area contributed by atoms with Gasteiger partial charge in [0.25, 0.3) is 5.56 Å². The fourth-order valence-electron chi connectivity index (χ4n) is 2.06. The van der Waals surface area contributed by atoms with Gasteiger partial charge < -0.3 is 9.72 Å². The topological polar surface area (TPSA) is 84.1 Å². The van der Waals surface area contributed by atoms with Crippen LogP contribution in [0.5, 0.6) is 0 Å². The highest BCUT2D eigenvalue weighted by atomic mass is 19.4. The van der Waals surface area contributed by atoms with Crippen molar-refractivity contribution in [3.05, 3.63) is 27.4 Å². The number of alkyl halides is 3. The molecule has 22 heavy (non-hydrogen) atoms. The second kappa shape index (κ2) is 5.38. The first kappa shape index (κ1) is 16.5. The fraction of sp³-hybridized carbons (Fsp3) is 0.615. The summed E-state index contributed by atoms with van der Waals surface area (Å²) in [7, 11) is 0. The number of aromatic nitrogens is 2. The minimum absolute atomic E-state index is 0.0364. The van der Waals surface area contributed by atoms with Crippen LogP contribution in [0.1, 0.15) is 37.9 Å². The number of hydrogen-bond acceptors (Lipinski definition) is 5. The van der Waals surface area contributed by atoms with Crippen molar-refractivity contribution in [1.82, 2.24) is 15.3 Å². The standard InChI is InChI=1S/C13H16F3N3O3/c1-12(2,3)22-10(21)8-4-7-6(5-17-8)9(20)19-11(18-7)13(14,15)16/h8,17H,4-5H2,1-3H3,(H,18,19,20). The lowest BCUT2D eigenvalue weighted by atomic mass is 10.0. The molecule has 0 spiro atoms. The van der Waals surface area contributed by atoms with Crippen LogP contribution in [0, 0.1) is 0 Å². The van der Waals surface area contributed by atoms with Gasteiger partial charge in [0.2, 0.25) is 5.82 Å². The number of fused-ring (bicyclic) bond motifs is 1. The Morgan fingerprint density at radius 2 is 1.95 bits per heavy atom. The number of nitrogens with zero attached hydrogens (tertiary/aromatic N) is 1. The van der Waals surface area contributed by atoms with Gasteiger partial charge in [0.05, 0.1) is 11.3 Å². The zero-order chi connectivity index (χ0) is 16.7. The molecule has 9 heteroatoms. The van der Waals surface area contributed by atoms with Crippen LogP contribution in [0.2, 0.25) is 0 Å². The molecule has 1 aliphatic rings. The van der Waals surface area contributed by atoms with Crippen LogP contribution < -0.4 is 10.9 Å². The molecule has 2 rings (SSSR count). The number of nitrogens with one attached hydrogen (secondary N) is 2. The van der Waals surface area contributed by atoms with Gasteiger partial charge >= 0.3 is 12.1 Å². The lowest BCUT2D eigenvalue weighted by Gasteiger charge is -2.27. The van der Waals surface area contributed by atoms with Gasteiger partial charge in [-0.25, -0.2) is 4.98 Å². The molecule has 1 aliphatic heterocycles. The number of carbonyl (C=O) groups excluding carboxylic acids is 1. The van der Waals surface area contributed by atoms with E-state index in [9.17, 15) is 22.8 Å². The molecule has 1 atom stereocenters. The Bertz CT molecular complexity index is 647. The Kier molecular flexibility index (Phi) is 4.03. The number of aromatic amines is 1. The van der Waals surface area contributed by atoms with Crippen LogP contribution >= 0.6 is 0 Å². The molecule has 0 aliphatic carbocycles. The second-order valence-corrected chi connectivity index (χ2v) is 6.01. The van der Waals surface area contributed by atoms with E-state index >= 15 is 0 Å². The average Bonchev–Trinajstić information content (AvgIpc) is 2.34. The summed E-state index contributed by atoms with van der Waals surface area (Å²) in [6, 6.07) is -0.831. The first-order chi connectivity index (χ1) is 9.97. The molecule has 1 unspecified atom stereocenters. The molecule has 0 bridgehead atoms. The molecule has 6 nitrogen and oxygen atoms in total. The summed E-state index contributed by atoms with van der Waals surface area (Å²) in [5.74, 6) is -1.95. The van der Waals surface area contributed by atoms with Crippen molar-refractivity contribution >= 4 is 5.97 Å². The number of rotatable bonds is 1. The zero-order valence-electron chi connectivity index (χ0n) is 12.3. The van der Waals surface area contributed by atoms with E-state index in [0.29, 0.717) is 0 Å². The van der Waals surface area contributed by atoms with Crippen LogP contribution in [0.3, 0.4) is 0 Å². The molecule has 0 radical (unpaired) electrons. The highest BCUT2D eigenvalue weighted by Gasteiger charge is 2.37. The Labute approximate surface area is 124 Å². The monoisotopic (exact) mass is 319 g/mol. The normalized spacial score (nSPS) is 18.7. The highest BCUT2D eigenvalue weighted by molar-refractivity contribution is 5.77. The third kappa shape index (κ3) is 3.65. The number of ether oxygens (including phenoxy) is 1. The van der Waals surface area contributed by atoms with Gasteiger partial charge in [-0.15, -0.1) is 0 Å². The summed E-state index contributed by atoms with van der Waals surface area (Å²) in [6.45, 7) is 5.02. The Balaban J connectivity index is 2.28. The molecule has 122 valence electrons. The third-order valence-corrected chi connectivity index (χ3v) is 2.98. The molecule has 0 saturated carbocycles. The minimum Gasteiger partial charge on any atom is -0.459 e. The van der Waals surface area contributed by atoms with Crippen molar-refractivity contribution in [2.45, 2.75) is 51.6 Å². The van der Waals surface area contributed by atoms with E-state index < -0.39 is 35.2 Å². The van der Waals surface area contributed by atoms with Crippen molar-refractivity contribution in [3.8, 4) is 0 Å². The predicted octanol–water partition coefficient (Wildman–Crippen LogP) is 1.14. The van der Waals surface area contributed by atoms with Gasteiger partial charge in [-0.2, -0.15) is 13.2 Å². The summed E-state index contributed by atoms with van der Waals surface area (Å²) < 4.78 is 43.2. The Morgan fingerprint density at radius 3 is 2.50 bits per heavy atom. The van der Waals surface area contributed by atoms with Crippen molar-refractivity contribution in [2.75, 3.05) is 0 Å². The number of H-pyrrole nitrogens is 1. The van der Waals surface area contributed by atoms with Crippen LogP contribution in [-0.4, -0.2) is 27.6 Å². The predicted molar refractivity (Wildman–Crippen MR) is 70.0 cm³/mol. The maximum Gasteiger partial charge on any atom is 0.449 e. The fourth-order valence-corrected chi connectivity index (χ4v) is 2.06. The first-order valence-corrected chi connectivity index (χ1v) is 6.63. The molecular weight excluding hydrogens is 303 g/mol. The number of carbonyl (C=O) groups is 1. The minimum atomic E-state index is -4.75. The summed E-state index contributed by atoms with van der Waals surface area (Å²) in [6.07, 6.45) is -4.88. The number of hydrogen-bond donors (Lipinski definition) is 2. The molecule has 0 saturated heterocycles. The Hall–Kier alpha value is -1.90. The van der Waals surface area contributed by atoms with Gasteiger partial charge in [0.1, 0.15) is 11.6 Å². The van der Waals surface area contributed by atoms with E-state index in [1.54, 1.807) is 25.8 Å². The molecule has 0 aromatic carbocycles. The van der Waals surface area contributed by atoms with Gasteiger partial charge in [-0.3, -0.25) is 14.9 Å². The summed E-state index contributed by atoms with van der Waals surface area (Å²) in [5.41, 5.74) is -1.50. The third-order valence-electron chi connectivity index (χ3n) is 2.98. The molecule has 2 heterocycles. The van der Waals surface area contributed by atoms with Crippen molar-refractivity contribution in [2.24, 2.45) is 0 Å². The van der Waals surface area contributed by atoms with E-state index in [4.69, 9.17) is 4.74 Å². The van der Waals surface area contributed by atoms with Gasteiger partial charge in [-0.05, 0) is 20.8 Å². The SMILES string of the molecule is CC(C)(C)OC(=O)C1Cc2nc(C(F)(F)F)[nH]c(=O)c2CN1. The molecule has 0 fully saturated rings. The lowest BCUT2D eigenvalue weighted by molar-refractivity contribution is -0.157. The van der Waals surface area contributed by atoms with Gasteiger partial charge in [0, 0.05) is 13.0 Å². The summed E-state index contributed by atoms with van der Waals surface area (Å²) in [5, 5.41) is 2.78. The average molecular weight is 319 g/mol. The summed E-state index contributed by atoms with van der Waals surface area (Å²) in [4.78, 5) is 28.8. The van der Waals surface area contributed by atoms with Crippen molar-refractivity contribution in [3.63, 3.8) is 0 Å². The van der Waals surface area contributed by atoms with E-state index in [2.05, 4.69) is 10.3 Å². The van der Waals surface area contributed by atoms with E-state index in [1.165, 1.54) is 0 Å². The van der Waals surface area contributed by atoms with Crippen LogP contribution in [-0.2, 0) is 28.7 Å². The van der Waals surface area contributed by atoms with Gasteiger partial charge in [-0.1, -0.05) is 0 Å². The smallest absolute Gasteiger partial charge is 0.449 e. The number of esters is 1. The van der Waals surface area contributed by atoms with Crippen molar-refractivity contribution in [1.29, 1.82) is 0 Å². The molecular formula is C13H16F3N3O3. The first-order valence-electron chi connectivity index (χ1n) is 6.63.